The molecule has 10 heteroatoms. The number of nitrogens with zero attached hydrogens (tertiary/aromatic N) is 2. The number of hydrogen-bond donors (Lipinski definition) is 0. The highest BCUT2D eigenvalue weighted by Crippen LogP contribution is 2.46. The summed E-state index contributed by atoms with van der Waals surface area (Å²) in [7, 11) is 4.57. The van der Waals surface area contributed by atoms with Crippen LogP contribution in [0.4, 0.5) is 8.63 Å². The molecule has 0 bridgehead atoms. The highest BCUT2D eigenvalue weighted by molar-refractivity contribution is 9.18. The van der Waals surface area contributed by atoms with Crippen LogP contribution in [-0.4, -0.2) is 41.9 Å². The maximum absolute atomic E-state index is 15.4. The van der Waals surface area contributed by atoms with Crippen LogP contribution in [0.1, 0.15) is 11.3 Å². The van der Waals surface area contributed by atoms with E-state index >= 15 is 8.63 Å². The van der Waals surface area contributed by atoms with E-state index in [4.69, 9.17) is 14.2 Å². The summed E-state index contributed by atoms with van der Waals surface area (Å²) in [5, 5.41) is 0. The highest BCUT2D eigenvalue weighted by atomic mass is 79.9. The molecule has 0 saturated heterocycles. The minimum absolute atomic E-state index is 0.288. The molecule has 0 aliphatic carbocycles. The normalized spacial score (nSPS) is 17.0. The van der Waals surface area contributed by atoms with Gasteiger partial charge in [0.05, 0.1) is 31.5 Å². The largest absolute Gasteiger partial charge is 0.738 e. The van der Waals surface area contributed by atoms with Crippen molar-refractivity contribution in [3.63, 3.8) is 0 Å². The van der Waals surface area contributed by atoms with Gasteiger partial charge in [-0.3, -0.25) is 0 Å². The molecule has 28 heavy (non-hydrogen) atoms. The molecule has 0 radical (unpaired) electrons. The lowest BCUT2D eigenvalue weighted by Gasteiger charge is -2.32. The van der Waals surface area contributed by atoms with Crippen LogP contribution in [0.25, 0.3) is 5.57 Å². The van der Waals surface area contributed by atoms with Gasteiger partial charge in [0.25, 0.3) is 0 Å². The molecule has 0 spiro atoms. The summed E-state index contributed by atoms with van der Waals surface area (Å²) in [6.45, 7) is -4.08. The molecule has 0 amide bonds. The average molecular weight is 516 g/mol. The van der Waals surface area contributed by atoms with Crippen molar-refractivity contribution in [1.29, 1.82) is 0 Å². The van der Waals surface area contributed by atoms with E-state index in [-0.39, 0.29) is 9.22 Å². The molecule has 0 N–H and O–H groups in total. The Kier molecular flexibility index (Phi) is 4.66. The number of aromatic nitrogens is 1. The lowest BCUT2D eigenvalue weighted by Crippen LogP contribution is -2.50. The van der Waals surface area contributed by atoms with Crippen molar-refractivity contribution in [2.24, 2.45) is 0 Å². The number of ether oxygens (including phenoxy) is 3. The summed E-state index contributed by atoms with van der Waals surface area (Å²) in [5.41, 5.74) is 1.97. The van der Waals surface area contributed by atoms with Gasteiger partial charge < -0.3 is 31.8 Å². The van der Waals surface area contributed by atoms with Gasteiger partial charge in [0.2, 0.25) is 4.62 Å². The summed E-state index contributed by atoms with van der Waals surface area (Å²) in [6.07, 6.45) is 3.27. The number of rotatable bonds is 4. The first-order chi connectivity index (χ1) is 13.3. The monoisotopic (exact) mass is 514 g/mol. The van der Waals surface area contributed by atoms with Gasteiger partial charge in [-0.15, -0.1) is 0 Å². The first-order valence-electron chi connectivity index (χ1n) is 8.29. The molecular weight excluding hydrogens is 501 g/mol. The summed E-state index contributed by atoms with van der Waals surface area (Å²) in [5.74, 6) is 1.45. The van der Waals surface area contributed by atoms with E-state index < -0.39 is 6.97 Å². The second kappa shape index (κ2) is 6.77. The molecule has 2 aliphatic rings. The number of methoxy groups -OCH3 is 3. The molecule has 0 atom stereocenters. The van der Waals surface area contributed by atoms with Crippen LogP contribution < -0.4 is 14.2 Å². The SMILES string of the molecule is COc1cc(OC)c(C2=C3C=CC(Br)=[N+]3[B-](F)(F)n3c(Br)ccc32)cc1OC. The minimum atomic E-state index is -4.08. The van der Waals surface area contributed by atoms with Crippen molar-refractivity contribution < 1.29 is 27.3 Å². The average Bonchev–Trinajstić information content (AvgIpc) is 3.25. The van der Waals surface area contributed by atoms with Crippen LogP contribution >= 0.6 is 31.9 Å². The molecule has 5 nitrogen and oxygen atoms in total. The van der Waals surface area contributed by atoms with E-state index in [0.717, 1.165) is 8.96 Å². The van der Waals surface area contributed by atoms with Crippen LogP contribution in [-0.2, 0) is 0 Å². The number of fused-ring (bicyclic) bond motifs is 2. The summed E-state index contributed by atoms with van der Waals surface area (Å²) in [4.78, 5) is 0. The Hall–Kier alpha value is -2.07. The number of benzene rings is 1. The third-order valence-corrected chi connectivity index (χ3v) is 6.14. The number of allylic oxidation sites excluding steroid dienone is 2. The van der Waals surface area contributed by atoms with E-state index in [1.807, 2.05) is 0 Å². The van der Waals surface area contributed by atoms with Crippen LogP contribution in [0.2, 0.25) is 0 Å². The molecule has 2 aromatic rings. The van der Waals surface area contributed by atoms with Crippen molar-refractivity contribution in [2.45, 2.75) is 0 Å². The maximum atomic E-state index is 15.4. The van der Waals surface area contributed by atoms with Crippen molar-refractivity contribution >= 4 is 49.0 Å². The molecule has 3 heterocycles. The zero-order chi connectivity index (χ0) is 20.2. The topological polar surface area (TPSA) is 35.6 Å². The smallest absolute Gasteiger partial charge is 0.496 e. The fraction of sp³-hybridized carbons (Fsp3) is 0.167. The fourth-order valence-corrected chi connectivity index (χ4v) is 4.77. The lowest BCUT2D eigenvalue weighted by atomic mass is 9.86. The Morgan fingerprint density at radius 3 is 2.21 bits per heavy atom. The highest BCUT2D eigenvalue weighted by Gasteiger charge is 2.54. The van der Waals surface area contributed by atoms with Crippen LogP contribution in [0.15, 0.2) is 46.7 Å². The fourth-order valence-electron chi connectivity index (χ4n) is 3.63. The van der Waals surface area contributed by atoms with Gasteiger partial charge in [0.1, 0.15) is 5.75 Å². The molecule has 2 aliphatic heterocycles. The quantitative estimate of drug-likeness (QED) is 0.556. The Labute approximate surface area is 177 Å². The third-order valence-electron chi connectivity index (χ3n) is 4.85. The first-order valence-corrected chi connectivity index (χ1v) is 9.87. The molecule has 4 rings (SSSR count). The van der Waals surface area contributed by atoms with Crippen LogP contribution in [0.5, 0.6) is 17.2 Å². The number of hydrogen-bond acceptors (Lipinski definition) is 3. The molecule has 146 valence electrons. The minimum Gasteiger partial charge on any atom is -0.496 e. The Morgan fingerprint density at radius 1 is 0.929 bits per heavy atom. The standard InChI is InChI=1S/C18H15BBr2F2N2O3/c1-26-13-9-15(28-3)14(27-2)8-10(13)18-11-4-6-16(20)24(11)19(22,23)25-12(18)5-7-17(25)21/h4-9H,1-3H3. The van der Waals surface area contributed by atoms with Crippen LogP contribution in [0.3, 0.4) is 0 Å². The lowest BCUT2D eigenvalue weighted by molar-refractivity contribution is -0.358. The van der Waals surface area contributed by atoms with Crippen LogP contribution in [0, 0.1) is 0 Å². The van der Waals surface area contributed by atoms with E-state index in [0.29, 0.717) is 39.8 Å². The zero-order valence-corrected chi connectivity index (χ0v) is 18.3. The Morgan fingerprint density at radius 2 is 1.57 bits per heavy atom. The zero-order valence-electron chi connectivity index (χ0n) is 15.2. The second-order valence-electron chi connectivity index (χ2n) is 6.19. The van der Waals surface area contributed by atoms with E-state index in [9.17, 15) is 0 Å². The summed E-state index contributed by atoms with van der Waals surface area (Å²) in [6, 6.07) is 6.69. The van der Waals surface area contributed by atoms with Crippen molar-refractivity contribution in [2.75, 3.05) is 21.3 Å². The van der Waals surface area contributed by atoms with Crippen molar-refractivity contribution in [3.05, 3.63) is 58.0 Å². The van der Waals surface area contributed by atoms with Crippen molar-refractivity contribution in [3.8, 4) is 17.2 Å². The predicted octanol–water partition coefficient (Wildman–Crippen LogP) is 4.65. The van der Waals surface area contributed by atoms with Crippen molar-refractivity contribution in [1.82, 2.24) is 4.48 Å². The first kappa shape index (κ1) is 19.3. The molecule has 0 saturated carbocycles. The maximum Gasteiger partial charge on any atom is 0.738 e. The Bertz CT molecular complexity index is 1090. The third kappa shape index (κ3) is 2.57. The van der Waals surface area contributed by atoms with Gasteiger partial charge in [-0.2, -0.15) is 0 Å². The van der Waals surface area contributed by atoms with Gasteiger partial charge in [0, 0.05) is 45.4 Å². The summed E-state index contributed by atoms with van der Waals surface area (Å²) < 4.78 is 49.6. The van der Waals surface area contributed by atoms with E-state index in [2.05, 4.69) is 31.9 Å². The summed E-state index contributed by atoms with van der Waals surface area (Å²) >= 11 is 6.52. The van der Waals surface area contributed by atoms with Gasteiger partial charge in [-0.1, -0.05) is 0 Å². The molecule has 0 fully saturated rings. The van der Waals surface area contributed by atoms with Gasteiger partial charge in [-0.25, -0.2) is 0 Å². The Balaban J connectivity index is 2.10. The van der Waals surface area contributed by atoms with E-state index in [1.54, 1.807) is 36.4 Å². The molecular formula is C18H15BBr2F2N2O3. The molecule has 1 aromatic carbocycles. The number of halogens is 4. The van der Waals surface area contributed by atoms with E-state index in [1.165, 1.54) is 21.3 Å². The second-order valence-corrected chi connectivity index (χ2v) is 7.82. The molecule has 1 aromatic heterocycles. The van der Waals surface area contributed by atoms with Gasteiger partial charge in [-0.05, 0) is 34.1 Å². The van der Waals surface area contributed by atoms with Gasteiger partial charge >= 0.3 is 6.97 Å². The van der Waals surface area contributed by atoms with Gasteiger partial charge in [0.15, 0.2) is 17.2 Å². The predicted molar refractivity (Wildman–Crippen MR) is 111 cm³/mol. The molecule has 0 unspecified atom stereocenters.